The average molecular weight is 354 g/mol. The second-order valence-corrected chi connectivity index (χ2v) is 11.3. The van der Waals surface area contributed by atoms with Crippen LogP contribution in [0.3, 0.4) is 0 Å². The van der Waals surface area contributed by atoms with Crippen LogP contribution in [0.1, 0.15) is 64.9 Å². The Morgan fingerprint density at radius 3 is 1.67 bits per heavy atom. The van der Waals surface area contributed by atoms with E-state index in [1.807, 2.05) is 0 Å². The van der Waals surface area contributed by atoms with Crippen LogP contribution in [0.4, 0.5) is 0 Å². The first-order valence-corrected chi connectivity index (χ1v) is 12.2. The van der Waals surface area contributed by atoms with Crippen LogP contribution >= 0.6 is 7.26 Å². The van der Waals surface area contributed by atoms with Crippen LogP contribution in [-0.4, -0.2) is 32.7 Å². The number of ether oxygens (including phenoxy) is 2. The van der Waals surface area contributed by atoms with Crippen LogP contribution in [0.5, 0.6) is 11.5 Å². The van der Waals surface area contributed by atoms with Crippen molar-refractivity contribution in [3.63, 3.8) is 0 Å². The van der Waals surface area contributed by atoms with Gasteiger partial charge in [0.25, 0.3) is 0 Å². The van der Waals surface area contributed by atoms with E-state index < -0.39 is 7.26 Å². The number of methoxy groups -OCH3 is 2. The Labute approximate surface area is 150 Å². The molecule has 2 nitrogen and oxygen atoms in total. The summed E-state index contributed by atoms with van der Waals surface area (Å²) in [6.45, 7) is 6.97. The van der Waals surface area contributed by atoms with Crippen LogP contribution in [-0.2, 0) is 6.16 Å². The van der Waals surface area contributed by atoms with Crippen molar-refractivity contribution in [2.75, 3.05) is 32.7 Å². The minimum Gasteiger partial charge on any atom is -0.493 e. The molecular weight excluding hydrogens is 315 g/mol. The maximum Gasteiger partial charge on any atom is 0.161 e. The predicted octanol–water partition coefficient (Wildman–Crippen LogP) is 6.62. The molecule has 0 saturated heterocycles. The highest BCUT2D eigenvalue weighted by Crippen LogP contribution is 2.63. The molecule has 0 fully saturated rings. The Morgan fingerprint density at radius 1 is 0.750 bits per heavy atom. The summed E-state index contributed by atoms with van der Waals surface area (Å²) in [5, 5.41) is 0. The first kappa shape index (κ1) is 21.3. The monoisotopic (exact) mass is 353 g/mol. The highest BCUT2D eigenvalue weighted by Gasteiger charge is 2.35. The van der Waals surface area contributed by atoms with Crippen LogP contribution in [0, 0.1) is 0 Å². The molecule has 0 saturated carbocycles. The number of benzene rings is 1. The van der Waals surface area contributed by atoms with Gasteiger partial charge in [0.05, 0.1) is 38.9 Å². The van der Waals surface area contributed by atoms with Gasteiger partial charge in [0, 0.05) is 7.26 Å². The van der Waals surface area contributed by atoms with E-state index >= 15 is 0 Å². The maximum absolute atomic E-state index is 5.52. The molecule has 0 atom stereocenters. The molecule has 0 bridgehead atoms. The smallest absolute Gasteiger partial charge is 0.161 e. The normalized spacial score (nSPS) is 11.5. The summed E-state index contributed by atoms with van der Waals surface area (Å²) in [7, 11) is 2.52. The Kier molecular flexibility index (Phi) is 10.4. The van der Waals surface area contributed by atoms with Gasteiger partial charge in [0.2, 0.25) is 0 Å². The van der Waals surface area contributed by atoms with E-state index in [4.69, 9.17) is 9.47 Å². The van der Waals surface area contributed by atoms with Gasteiger partial charge >= 0.3 is 0 Å². The molecule has 3 heteroatoms. The van der Waals surface area contributed by atoms with Gasteiger partial charge in [-0.2, -0.15) is 0 Å². The van der Waals surface area contributed by atoms with Crippen molar-refractivity contribution in [1.82, 2.24) is 0 Å². The number of hydrogen-bond acceptors (Lipinski definition) is 2. The summed E-state index contributed by atoms with van der Waals surface area (Å²) < 4.78 is 10.9. The summed E-state index contributed by atoms with van der Waals surface area (Å²) >= 11 is 0. The summed E-state index contributed by atoms with van der Waals surface area (Å²) in [5.41, 5.74) is 1.43. The molecule has 0 heterocycles. The molecule has 0 radical (unpaired) electrons. The zero-order valence-electron chi connectivity index (χ0n) is 16.6. The Balaban J connectivity index is 3.03. The van der Waals surface area contributed by atoms with Gasteiger partial charge in [-0.15, -0.1) is 0 Å². The number of unbranched alkanes of at least 4 members (excludes halogenated alkanes) is 3. The van der Waals surface area contributed by atoms with Crippen molar-refractivity contribution < 1.29 is 9.47 Å². The molecule has 0 aliphatic heterocycles. The van der Waals surface area contributed by atoms with Gasteiger partial charge in [0.1, 0.15) is 0 Å². The summed E-state index contributed by atoms with van der Waals surface area (Å²) in [6, 6.07) is 6.53. The second-order valence-electron chi connectivity index (χ2n) is 6.92. The highest BCUT2D eigenvalue weighted by atomic mass is 31.2. The van der Waals surface area contributed by atoms with Gasteiger partial charge in [0.15, 0.2) is 11.5 Å². The topological polar surface area (TPSA) is 18.5 Å². The molecule has 0 amide bonds. The molecule has 0 aliphatic rings. The predicted molar refractivity (Wildman–Crippen MR) is 109 cm³/mol. The molecule has 0 unspecified atom stereocenters. The lowest BCUT2D eigenvalue weighted by Crippen LogP contribution is -2.11. The van der Waals surface area contributed by atoms with Crippen LogP contribution < -0.4 is 9.47 Å². The van der Waals surface area contributed by atoms with E-state index in [-0.39, 0.29) is 0 Å². The fourth-order valence-corrected chi connectivity index (χ4v) is 8.50. The van der Waals surface area contributed by atoms with Gasteiger partial charge in [-0.05, 0) is 37.0 Å². The SMILES string of the molecule is CCCC[P+](CCCC)(CCCC)Cc1ccc(OC)c(OC)c1. The fourth-order valence-electron chi connectivity index (χ4n) is 3.42. The molecule has 138 valence electrons. The molecular formula is C21H38O2P+. The average Bonchev–Trinajstić information content (AvgIpc) is 2.62. The third kappa shape index (κ3) is 6.63. The van der Waals surface area contributed by atoms with Crippen molar-refractivity contribution in [3.8, 4) is 11.5 Å². The lowest BCUT2D eigenvalue weighted by molar-refractivity contribution is 0.354. The minimum atomic E-state index is -0.918. The van der Waals surface area contributed by atoms with E-state index in [1.165, 1.54) is 68.7 Å². The zero-order valence-corrected chi connectivity index (χ0v) is 17.5. The van der Waals surface area contributed by atoms with Crippen molar-refractivity contribution in [3.05, 3.63) is 23.8 Å². The molecule has 24 heavy (non-hydrogen) atoms. The van der Waals surface area contributed by atoms with Crippen LogP contribution in [0.2, 0.25) is 0 Å². The minimum absolute atomic E-state index is 0.834. The lowest BCUT2D eigenvalue weighted by Gasteiger charge is -2.28. The molecule has 0 aromatic heterocycles. The van der Waals surface area contributed by atoms with E-state index in [0.717, 1.165) is 11.5 Å². The molecule has 1 aromatic carbocycles. The standard InChI is InChI=1S/C21H38O2P/c1-6-9-14-24(15-10-7-2,16-11-8-3)18-19-12-13-20(22-4)21(17-19)23-5/h12-13,17H,6-11,14-16,18H2,1-5H3/q+1. The van der Waals surface area contributed by atoms with E-state index in [1.54, 1.807) is 14.2 Å². The van der Waals surface area contributed by atoms with E-state index in [2.05, 4.69) is 39.0 Å². The highest BCUT2D eigenvalue weighted by molar-refractivity contribution is 7.75. The molecule has 0 N–H and O–H groups in total. The Bertz CT molecular complexity index is 437. The second kappa shape index (κ2) is 11.7. The van der Waals surface area contributed by atoms with Gasteiger partial charge in [-0.3, -0.25) is 0 Å². The largest absolute Gasteiger partial charge is 0.493 e. The van der Waals surface area contributed by atoms with Gasteiger partial charge in [-0.25, -0.2) is 0 Å². The summed E-state index contributed by atoms with van der Waals surface area (Å²) in [4.78, 5) is 0. The van der Waals surface area contributed by atoms with Gasteiger partial charge in [-0.1, -0.05) is 46.1 Å². The van der Waals surface area contributed by atoms with Gasteiger partial charge < -0.3 is 9.47 Å². The quantitative estimate of drug-likeness (QED) is 0.371. The molecule has 0 spiro atoms. The third-order valence-corrected chi connectivity index (χ3v) is 9.75. The lowest BCUT2D eigenvalue weighted by atomic mass is 10.2. The zero-order chi connectivity index (χ0) is 17.8. The molecule has 1 aromatic rings. The Hall–Kier alpha value is -0.750. The van der Waals surface area contributed by atoms with Crippen LogP contribution in [0.25, 0.3) is 0 Å². The van der Waals surface area contributed by atoms with Crippen molar-refractivity contribution in [2.45, 2.75) is 65.5 Å². The van der Waals surface area contributed by atoms with E-state index in [9.17, 15) is 0 Å². The summed E-state index contributed by atoms with van der Waals surface area (Å²) in [6.07, 6.45) is 13.7. The first-order chi connectivity index (χ1) is 11.6. The maximum atomic E-state index is 5.52. The molecule has 0 aliphatic carbocycles. The fraction of sp³-hybridized carbons (Fsp3) is 0.714. The number of hydrogen-bond donors (Lipinski definition) is 0. The number of rotatable bonds is 13. The van der Waals surface area contributed by atoms with Crippen LogP contribution in [0.15, 0.2) is 18.2 Å². The summed E-state index contributed by atoms with van der Waals surface area (Å²) in [5.74, 6) is 1.70. The van der Waals surface area contributed by atoms with E-state index in [0.29, 0.717) is 0 Å². The third-order valence-electron chi connectivity index (χ3n) is 4.92. The first-order valence-electron chi connectivity index (χ1n) is 9.70. The van der Waals surface area contributed by atoms with Crippen molar-refractivity contribution in [2.24, 2.45) is 0 Å². The van der Waals surface area contributed by atoms with Crippen molar-refractivity contribution >= 4 is 7.26 Å². The Morgan fingerprint density at radius 2 is 1.25 bits per heavy atom. The van der Waals surface area contributed by atoms with Crippen molar-refractivity contribution in [1.29, 1.82) is 0 Å². The molecule has 1 rings (SSSR count).